The zero-order valence-corrected chi connectivity index (χ0v) is 21.3. The number of fused-ring (bicyclic) bond motifs is 3. The summed E-state index contributed by atoms with van der Waals surface area (Å²) in [5, 5.41) is 2.95. The van der Waals surface area contributed by atoms with Gasteiger partial charge in [0.05, 0.1) is 17.1 Å². The van der Waals surface area contributed by atoms with Crippen LogP contribution in [-0.4, -0.2) is 34.5 Å². The van der Waals surface area contributed by atoms with Crippen molar-refractivity contribution >= 4 is 23.3 Å². The number of carbonyl (C=O) groups excluding carboxylic acids is 2. The predicted octanol–water partition coefficient (Wildman–Crippen LogP) is 6.56. The van der Waals surface area contributed by atoms with Crippen molar-refractivity contribution in [2.75, 3.05) is 23.3 Å². The van der Waals surface area contributed by atoms with Crippen molar-refractivity contribution in [3.05, 3.63) is 114 Å². The minimum Gasteiger partial charge on any atom is -0.316 e. The first-order valence-electron chi connectivity index (χ1n) is 12.8. The highest BCUT2D eigenvalue weighted by molar-refractivity contribution is 6.01. The normalized spacial score (nSPS) is 14.0. The van der Waals surface area contributed by atoms with E-state index in [4.69, 9.17) is 0 Å². The van der Waals surface area contributed by atoms with Gasteiger partial charge in [-0.05, 0) is 55.3 Å². The van der Waals surface area contributed by atoms with Gasteiger partial charge >= 0.3 is 6.03 Å². The van der Waals surface area contributed by atoms with Crippen LogP contribution >= 0.6 is 0 Å². The van der Waals surface area contributed by atoms with Gasteiger partial charge in [0.2, 0.25) is 5.91 Å². The number of aromatic nitrogens is 1. The molecule has 1 aromatic heterocycles. The lowest BCUT2D eigenvalue weighted by Gasteiger charge is -2.39. The minimum atomic E-state index is -0.303. The number of hydrogen-bond donors (Lipinski definition) is 1. The summed E-state index contributed by atoms with van der Waals surface area (Å²) >= 11 is 0. The molecule has 0 aliphatic carbocycles. The topological polar surface area (TPSA) is 57.6 Å². The van der Waals surface area contributed by atoms with Crippen LogP contribution in [0.4, 0.5) is 16.2 Å². The molecule has 1 aliphatic rings. The number of amides is 3. The van der Waals surface area contributed by atoms with Crippen LogP contribution in [0.3, 0.4) is 0 Å². The molecule has 2 heterocycles. The van der Waals surface area contributed by atoms with Crippen LogP contribution in [0, 0.1) is 6.92 Å². The second-order valence-corrected chi connectivity index (χ2v) is 9.44. The van der Waals surface area contributed by atoms with Crippen molar-refractivity contribution in [1.29, 1.82) is 0 Å². The van der Waals surface area contributed by atoms with E-state index in [1.807, 2.05) is 71.8 Å². The number of hydrogen-bond acceptors (Lipinski definition) is 2. The Hall–Kier alpha value is -4.32. The van der Waals surface area contributed by atoms with Gasteiger partial charge in [0, 0.05) is 18.4 Å². The van der Waals surface area contributed by atoms with E-state index in [0.29, 0.717) is 12.2 Å². The monoisotopic (exact) mass is 492 g/mol. The number of carbonyl (C=O) groups is 2. The van der Waals surface area contributed by atoms with Crippen molar-refractivity contribution in [3.8, 4) is 5.69 Å². The van der Waals surface area contributed by atoms with Gasteiger partial charge in [0.15, 0.2) is 0 Å². The molecule has 1 N–H and O–H groups in total. The van der Waals surface area contributed by atoms with Gasteiger partial charge in [-0.25, -0.2) is 4.79 Å². The summed E-state index contributed by atoms with van der Waals surface area (Å²) in [7, 11) is 0. The number of nitrogens with one attached hydrogen (secondary N) is 1. The number of benzene rings is 3. The Kier molecular flexibility index (Phi) is 7.08. The fraction of sp³-hybridized carbons (Fsp3) is 0.226. The first-order chi connectivity index (χ1) is 18.1. The van der Waals surface area contributed by atoms with Gasteiger partial charge in [-0.3, -0.25) is 9.69 Å². The van der Waals surface area contributed by atoms with Gasteiger partial charge in [-0.15, -0.1) is 0 Å². The Morgan fingerprint density at radius 1 is 0.865 bits per heavy atom. The molecule has 4 aromatic rings. The second kappa shape index (κ2) is 10.7. The van der Waals surface area contributed by atoms with Crippen LogP contribution in [0.2, 0.25) is 0 Å². The second-order valence-electron chi connectivity index (χ2n) is 9.44. The van der Waals surface area contributed by atoms with Crippen LogP contribution in [0.25, 0.3) is 5.69 Å². The highest BCUT2D eigenvalue weighted by Crippen LogP contribution is 2.42. The van der Waals surface area contributed by atoms with E-state index in [2.05, 4.69) is 54.1 Å². The zero-order valence-electron chi connectivity index (χ0n) is 21.3. The quantitative estimate of drug-likeness (QED) is 0.318. The summed E-state index contributed by atoms with van der Waals surface area (Å²) in [5.74, 6) is -0.121. The molecule has 5 rings (SSSR count). The van der Waals surface area contributed by atoms with Crippen molar-refractivity contribution in [3.63, 3.8) is 0 Å². The molecule has 0 bridgehead atoms. The van der Waals surface area contributed by atoms with E-state index in [0.717, 1.165) is 41.0 Å². The lowest BCUT2D eigenvalue weighted by Crippen LogP contribution is -2.48. The highest BCUT2D eigenvalue weighted by Gasteiger charge is 2.36. The first kappa shape index (κ1) is 24.4. The largest absolute Gasteiger partial charge is 0.322 e. The zero-order chi connectivity index (χ0) is 25.8. The Balaban J connectivity index is 1.51. The van der Waals surface area contributed by atoms with Crippen molar-refractivity contribution in [2.45, 2.75) is 32.7 Å². The van der Waals surface area contributed by atoms with Crippen molar-refractivity contribution < 1.29 is 9.59 Å². The maximum absolute atomic E-state index is 14.2. The number of urea groups is 1. The molecule has 0 spiro atoms. The fourth-order valence-corrected chi connectivity index (χ4v) is 4.89. The molecule has 6 nitrogen and oxygen atoms in total. The van der Waals surface area contributed by atoms with Crippen LogP contribution in [-0.2, 0) is 4.79 Å². The molecule has 188 valence electrons. The molecule has 6 heteroatoms. The molecule has 1 atom stereocenters. The van der Waals surface area contributed by atoms with Crippen LogP contribution in [0.15, 0.2) is 97.2 Å². The van der Waals surface area contributed by atoms with E-state index in [-0.39, 0.29) is 24.5 Å². The van der Waals surface area contributed by atoms with E-state index < -0.39 is 0 Å². The Labute approximate surface area is 218 Å². The third-order valence-corrected chi connectivity index (χ3v) is 6.80. The molecule has 0 saturated heterocycles. The van der Waals surface area contributed by atoms with E-state index in [1.165, 1.54) is 0 Å². The minimum absolute atomic E-state index is 0.0178. The molecule has 3 amide bonds. The van der Waals surface area contributed by atoms with Gasteiger partial charge < -0.3 is 14.8 Å². The molecular formula is C31H32N4O2. The molecule has 1 unspecified atom stereocenters. The average Bonchev–Trinajstić information content (AvgIpc) is 3.41. The number of nitrogens with zero attached hydrogens (tertiary/aromatic N) is 3. The van der Waals surface area contributed by atoms with Crippen molar-refractivity contribution in [2.24, 2.45) is 0 Å². The maximum atomic E-state index is 14.2. The Morgan fingerprint density at radius 2 is 1.57 bits per heavy atom. The van der Waals surface area contributed by atoms with E-state index >= 15 is 0 Å². The third kappa shape index (κ3) is 5.00. The summed E-state index contributed by atoms with van der Waals surface area (Å²) in [4.78, 5) is 30.9. The molecule has 1 aliphatic heterocycles. The maximum Gasteiger partial charge on any atom is 0.322 e. The molecule has 37 heavy (non-hydrogen) atoms. The summed E-state index contributed by atoms with van der Waals surface area (Å²) in [6, 6.07) is 29.1. The molecular weight excluding hydrogens is 460 g/mol. The number of para-hydroxylation sites is 3. The Bertz CT molecular complexity index is 1380. The number of unbranched alkanes of at least 4 members (excludes halogenated alkanes) is 1. The van der Waals surface area contributed by atoms with Gasteiger partial charge in [0.1, 0.15) is 12.6 Å². The van der Waals surface area contributed by atoms with E-state index in [9.17, 15) is 9.59 Å². The van der Waals surface area contributed by atoms with Gasteiger partial charge in [0.25, 0.3) is 0 Å². The van der Waals surface area contributed by atoms with Crippen LogP contribution < -0.4 is 10.2 Å². The molecule has 3 aromatic carbocycles. The number of rotatable bonds is 7. The third-order valence-electron chi connectivity index (χ3n) is 6.80. The predicted molar refractivity (Wildman–Crippen MR) is 148 cm³/mol. The highest BCUT2D eigenvalue weighted by atomic mass is 16.2. The standard InChI is InChI=1S/C31H32N4O2/c1-3-4-20-33(31(37)32-25-11-6-5-7-12-25)22-29(36)35-27-14-9-8-13-26(27)34-21-10-15-28(34)30(35)24-18-16-23(2)17-19-24/h5-19,21,30H,3-4,20,22H2,1-2H3,(H,32,37). The summed E-state index contributed by atoms with van der Waals surface area (Å²) in [5.41, 5.74) is 5.71. The fourth-order valence-electron chi connectivity index (χ4n) is 4.89. The molecule has 0 saturated carbocycles. The van der Waals surface area contributed by atoms with Crippen molar-refractivity contribution in [1.82, 2.24) is 9.47 Å². The number of anilines is 2. The van der Waals surface area contributed by atoms with Crippen LogP contribution in [0.5, 0.6) is 0 Å². The summed E-state index contributed by atoms with van der Waals surface area (Å²) in [6.45, 7) is 4.62. The smallest absolute Gasteiger partial charge is 0.316 e. The number of aryl methyl sites for hydroxylation is 1. The molecule has 0 fully saturated rings. The van der Waals surface area contributed by atoms with Crippen LogP contribution in [0.1, 0.15) is 42.6 Å². The summed E-state index contributed by atoms with van der Waals surface area (Å²) < 4.78 is 2.15. The SMILES string of the molecule is CCCCN(CC(=O)N1c2ccccc2-n2cccc2C1c1ccc(C)cc1)C(=O)Nc1ccccc1. The first-order valence-corrected chi connectivity index (χ1v) is 12.8. The summed E-state index contributed by atoms with van der Waals surface area (Å²) in [6.07, 6.45) is 3.78. The molecule has 0 radical (unpaired) electrons. The van der Waals surface area contributed by atoms with Gasteiger partial charge in [-0.2, -0.15) is 0 Å². The lowest BCUT2D eigenvalue weighted by molar-refractivity contribution is -0.119. The van der Waals surface area contributed by atoms with Gasteiger partial charge in [-0.1, -0.05) is 73.5 Å². The average molecular weight is 493 g/mol. The lowest BCUT2D eigenvalue weighted by atomic mass is 9.97. The van der Waals surface area contributed by atoms with E-state index in [1.54, 1.807) is 4.90 Å². The Morgan fingerprint density at radius 3 is 2.30 bits per heavy atom.